The number of hydrogen-bond donors (Lipinski definition) is 1. The first-order valence-electron chi connectivity index (χ1n) is 8.27. The van der Waals surface area contributed by atoms with Crippen LogP contribution in [0.3, 0.4) is 0 Å². The highest BCUT2D eigenvalue weighted by atomic mass is 15.3. The Balaban J connectivity index is 1.70. The van der Waals surface area contributed by atoms with Crippen molar-refractivity contribution in [3.63, 3.8) is 0 Å². The lowest BCUT2D eigenvalue weighted by molar-refractivity contribution is 0.109. The molecule has 2 unspecified atom stereocenters. The zero-order chi connectivity index (χ0) is 13.9. The molecular formula is C16H28N4. The fourth-order valence-electron chi connectivity index (χ4n) is 3.81. The van der Waals surface area contributed by atoms with Gasteiger partial charge in [-0.15, -0.1) is 0 Å². The Hall–Kier alpha value is -0.870. The number of nitrogens with one attached hydrogen (secondary N) is 1. The molecule has 112 valence electrons. The molecular weight excluding hydrogens is 248 g/mol. The number of aromatic nitrogens is 2. The van der Waals surface area contributed by atoms with Gasteiger partial charge in [-0.05, 0) is 51.3 Å². The van der Waals surface area contributed by atoms with Crippen LogP contribution in [-0.2, 0) is 20.0 Å². The van der Waals surface area contributed by atoms with Gasteiger partial charge in [-0.3, -0.25) is 9.58 Å². The highest BCUT2D eigenvalue weighted by molar-refractivity contribution is 5.10. The van der Waals surface area contributed by atoms with E-state index >= 15 is 0 Å². The van der Waals surface area contributed by atoms with Gasteiger partial charge in [0.1, 0.15) is 0 Å². The van der Waals surface area contributed by atoms with Crippen LogP contribution in [0.5, 0.6) is 0 Å². The molecule has 3 rings (SSSR count). The molecule has 20 heavy (non-hydrogen) atoms. The van der Waals surface area contributed by atoms with Crippen molar-refractivity contribution in [2.75, 3.05) is 13.1 Å². The van der Waals surface area contributed by atoms with E-state index in [0.29, 0.717) is 6.04 Å². The third-order valence-electron chi connectivity index (χ3n) is 4.98. The zero-order valence-corrected chi connectivity index (χ0v) is 12.9. The minimum absolute atomic E-state index is 0.717. The van der Waals surface area contributed by atoms with E-state index in [1.807, 2.05) is 0 Å². The predicted octanol–water partition coefficient (Wildman–Crippen LogP) is 2.09. The standard InChI is InChI=1S/C16H28N4/c1-3-13-11-14(19(2)18-13)12-20-10-5-4-8-16(20)15-7-6-9-17-15/h11,15-17H,3-10,12H2,1-2H3. The molecule has 4 nitrogen and oxygen atoms in total. The summed E-state index contributed by atoms with van der Waals surface area (Å²) in [5, 5.41) is 8.30. The van der Waals surface area contributed by atoms with Gasteiger partial charge in [0.25, 0.3) is 0 Å². The summed E-state index contributed by atoms with van der Waals surface area (Å²) in [7, 11) is 2.08. The molecule has 2 atom stereocenters. The number of piperidine rings is 1. The van der Waals surface area contributed by atoms with Gasteiger partial charge in [-0.25, -0.2) is 0 Å². The van der Waals surface area contributed by atoms with Crippen molar-refractivity contribution in [2.24, 2.45) is 7.05 Å². The van der Waals surface area contributed by atoms with Crippen molar-refractivity contribution < 1.29 is 0 Å². The largest absolute Gasteiger partial charge is 0.312 e. The van der Waals surface area contributed by atoms with E-state index < -0.39 is 0 Å². The third kappa shape index (κ3) is 2.91. The van der Waals surface area contributed by atoms with Gasteiger partial charge in [0.05, 0.1) is 11.4 Å². The maximum Gasteiger partial charge on any atom is 0.0625 e. The van der Waals surface area contributed by atoms with Crippen molar-refractivity contribution >= 4 is 0 Å². The molecule has 1 N–H and O–H groups in total. The molecule has 2 aliphatic heterocycles. The van der Waals surface area contributed by atoms with Crippen LogP contribution in [0.2, 0.25) is 0 Å². The average Bonchev–Trinajstić information content (AvgIpc) is 3.10. The highest BCUT2D eigenvalue weighted by Gasteiger charge is 2.31. The monoisotopic (exact) mass is 276 g/mol. The number of aryl methyl sites for hydroxylation is 2. The minimum atomic E-state index is 0.717. The van der Waals surface area contributed by atoms with Crippen LogP contribution in [0, 0.1) is 0 Å². The van der Waals surface area contributed by atoms with Gasteiger partial charge in [-0.1, -0.05) is 13.3 Å². The second kappa shape index (κ2) is 6.27. The van der Waals surface area contributed by atoms with Crippen molar-refractivity contribution in [3.8, 4) is 0 Å². The SMILES string of the molecule is CCc1cc(CN2CCCCC2C2CCCN2)n(C)n1. The fourth-order valence-corrected chi connectivity index (χ4v) is 3.81. The first-order valence-corrected chi connectivity index (χ1v) is 8.27. The molecule has 0 aliphatic carbocycles. The average molecular weight is 276 g/mol. The number of nitrogens with zero attached hydrogens (tertiary/aromatic N) is 3. The molecule has 4 heteroatoms. The number of rotatable bonds is 4. The topological polar surface area (TPSA) is 33.1 Å². The second-order valence-corrected chi connectivity index (χ2v) is 6.34. The van der Waals surface area contributed by atoms with E-state index in [1.54, 1.807) is 0 Å². The third-order valence-corrected chi connectivity index (χ3v) is 4.98. The van der Waals surface area contributed by atoms with Crippen LogP contribution in [0.15, 0.2) is 6.07 Å². The molecule has 0 radical (unpaired) electrons. The Morgan fingerprint density at radius 2 is 2.20 bits per heavy atom. The molecule has 0 spiro atoms. The van der Waals surface area contributed by atoms with E-state index in [0.717, 1.165) is 19.0 Å². The van der Waals surface area contributed by atoms with E-state index in [-0.39, 0.29) is 0 Å². The second-order valence-electron chi connectivity index (χ2n) is 6.34. The lowest BCUT2D eigenvalue weighted by Gasteiger charge is -2.39. The summed E-state index contributed by atoms with van der Waals surface area (Å²) < 4.78 is 2.08. The summed E-state index contributed by atoms with van der Waals surface area (Å²) in [5.74, 6) is 0. The van der Waals surface area contributed by atoms with Gasteiger partial charge in [-0.2, -0.15) is 5.10 Å². The van der Waals surface area contributed by atoms with Gasteiger partial charge >= 0.3 is 0 Å². The molecule has 2 saturated heterocycles. The molecule has 1 aromatic heterocycles. The molecule has 0 bridgehead atoms. The zero-order valence-electron chi connectivity index (χ0n) is 12.9. The van der Waals surface area contributed by atoms with Crippen LogP contribution in [0.25, 0.3) is 0 Å². The van der Waals surface area contributed by atoms with Crippen LogP contribution < -0.4 is 5.32 Å². The lowest BCUT2D eigenvalue weighted by atomic mass is 9.94. The first kappa shape index (κ1) is 14.1. The van der Waals surface area contributed by atoms with Crippen molar-refractivity contribution in [1.29, 1.82) is 0 Å². The predicted molar refractivity (Wildman–Crippen MR) is 81.7 cm³/mol. The molecule has 0 aromatic carbocycles. The van der Waals surface area contributed by atoms with E-state index in [1.165, 1.54) is 56.6 Å². The Kier molecular flexibility index (Phi) is 4.41. The van der Waals surface area contributed by atoms with Crippen molar-refractivity contribution in [1.82, 2.24) is 20.0 Å². The van der Waals surface area contributed by atoms with E-state index in [2.05, 4.69) is 40.0 Å². The van der Waals surface area contributed by atoms with Gasteiger partial charge in [0, 0.05) is 25.7 Å². The molecule has 1 aromatic rings. The normalized spacial score (nSPS) is 28.1. The van der Waals surface area contributed by atoms with Crippen LogP contribution >= 0.6 is 0 Å². The van der Waals surface area contributed by atoms with E-state index in [9.17, 15) is 0 Å². The highest BCUT2D eigenvalue weighted by Crippen LogP contribution is 2.25. The Morgan fingerprint density at radius 3 is 2.90 bits per heavy atom. The molecule has 2 fully saturated rings. The Bertz CT molecular complexity index is 434. The Labute approximate surface area is 122 Å². The molecule has 0 amide bonds. The van der Waals surface area contributed by atoms with Gasteiger partial charge in [0.15, 0.2) is 0 Å². The summed E-state index contributed by atoms with van der Waals surface area (Å²) in [6.07, 6.45) is 7.83. The van der Waals surface area contributed by atoms with Gasteiger partial charge in [0.2, 0.25) is 0 Å². The smallest absolute Gasteiger partial charge is 0.0625 e. The van der Waals surface area contributed by atoms with Crippen LogP contribution in [0.4, 0.5) is 0 Å². The maximum atomic E-state index is 4.59. The van der Waals surface area contributed by atoms with Crippen LogP contribution in [-0.4, -0.2) is 39.9 Å². The summed E-state index contributed by atoms with van der Waals surface area (Å²) in [4.78, 5) is 2.70. The molecule has 0 saturated carbocycles. The maximum absolute atomic E-state index is 4.59. The van der Waals surface area contributed by atoms with Gasteiger partial charge < -0.3 is 5.32 Å². The number of hydrogen-bond acceptors (Lipinski definition) is 3. The lowest BCUT2D eigenvalue weighted by Crippen LogP contribution is -2.49. The first-order chi connectivity index (χ1) is 9.78. The summed E-state index contributed by atoms with van der Waals surface area (Å²) in [6, 6.07) is 3.73. The Morgan fingerprint density at radius 1 is 1.30 bits per heavy atom. The van der Waals surface area contributed by atoms with Crippen molar-refractivity contribution in [3.05, 3.63) is 17.5 Å². The summed E-state index contributed by atoms with van der Waals surface area (Å²) >= 11 is 0. The van der Waals surface area contributed by atoms with Crippen molar-refractivity contribution in [2.45, 2.75) is 64.1 Å². The van der Waals surface area contributed by atoms with E-state index in [4.69, 9.17) is 0 Å². The minimum Gasteiger partial charge on any atom is -0.312 e. The number of likely N-dealkylation sites (tertiary alicyclic amines) is 1. The molecule has 2 aliphatic rings. The molecule has 3 heterocycles. The summed E-state index contributed by atoms with van der Waals surface area (Å²) in [6.45, 7) is 5.70. The van der Waals surface area contributed by atoms with Crippen LogP contribution in [0.1, 0.15) is 50.4 Å². The quantitative estimate of drug-likeness (QED) is 0.914. The summed E-state index contributed by atoms with van der Waals surface area (Å²) in [5.41, 5.74) is 2.58. The fraction of sp³-hybridized carbons (Fsp3) is 0.812.